The molecular formula is C16H19N3O3. The molecule has 1 aromatic carbocycles. The topological polar surface area (TPSA) is 78.4 Å². The molecule has 22 heavy (non-hydrogen) atoms. The number of carbonyl (C=O) groups is 1. The maximum absolute atomic E-state index is 12.2. The maximum atomic E-state index is 12.2. The van der Waals surface area contributed by atoms with Crippen molar-refractivity contribution in [1.82, 2.24) is 15.1 Å². The third-order valence-electron chi connectivity index (χ3n) is 3.97. The minimum absolute atomic E-state index is 0.222. The second-order valence-corrected chi connectivity index (χ2v) is 5.58. The van der Waals surface area contributed by atoms with E-state index in [0.717, 1.165) is 12.0 Å². The number of piperidine rings is 1. The Kier molecular flexibility index (Phi) is 4.11. The van der Waals surface area contributed by atoms with Crippen molar-refractivity contribution in [3.63, 3.8) is 0 Å². The molecule has 1 unspecified atom stereocenters. The Hall–Kier alpha value is -2.34. The minimum atomic E-state index is -1.06. The van der Waals surface area contributed by atoms with Gasteiger partial charge >= 0.3 is 6.09 Å². The van der Waals surface area contributed by atoms with Crippen LogP contribution in [0.3, 0.4) is 0 Å². The standard InChI is InChI=1S/C16H19N3O3/c20-15(22-11-13-5-2-1-3-6-13)19-8-4-7-16(21,12-19)14-9-17-18-10-14/h1-3,5-6,9-10,21H,4,7-8,11-12H2,(H,17,18). The number of β-amino-alcohol motifs (C(OH)–C–C–N with tert-alkyl or cyclic N) is 1. The zero-order chi connectivity index (χ0) is 15.4. The van der Waals surface area contributed by atoms with Gasteiger partial charge in [-0.1, -0.05) is 30.3 Å². The summed E-state index contributed by atoms with van der Waals surface area (Å²) < 4.78 is 5.33. The van der Waals surface area contributed by atoms with E-state index in [9.17, 15) is 9.90 Å². The van der Waals surface area contributed by atoms with E-state index in [2.05, 4.69) is 10.2 Å². The van der Waals surface area contributed by atoms with Crippen LogP contribution in [-0.4, -0.2) is 39.4 Å². The van der Waals surface area contributed by atoms with Crippen LogP contribution in [0.1, 0.15) is 24.0 Å². The molecule has 3 rings (SSSR count). The average molecular weight is 301 g/mol. The molecule has 1 aliphatic rings. The van der Waals surface area contributed by atoms with E-state index in [-0.39, 0.29) is 13.2 Å². The van der Waals surface area contributed by atoms with Gasteiger partial charge in [-0.15, -0.1) is 0 Å². The van der Waals surface area contributed by atoms with Crippen LogP contribution in [0, 0.1) is 0 Å². The highest BCUT2D eigenvalue weighted by atomic mass is 16.6. The van der Waals surface area contributed by atoms with Gasteiger partial charge in [-0.05, 0) is 18.4 Å². The predicted octanol–water partition coefficient (Wildman–Crippen LogP) is 2.03. The van der Waals surface area contributed by atoms with Gasteiger partial charge in [0, 0.05) is 18.3 Å². The summed E-state index contributed by atoms with van der Waals surface area (Å²) in [4.78, 5) is 13.8. The third-order valence-corrected chi connectivity index (χ3v) is 3.97. The van der Waals surface area contributed by atoms with Gasteiger partial charge in [-0.3, -0.25) is 5.10 Å². The SMILES string of the molecule is O=C(OCc1ccccc1)N1CCCC(O)(c2cn[nH]c2)C1. The van der Waals surface area contributed by atoms with Gasteiger partial charge in [0.15, 0.2) is 0 Å². The first-order valence-electron chi connectivity index (χ1n) is 7.35. The molecule has 0 saturated carbocycles. The number of likely N-dealkylation sites (tertiary alicyclic amines) is 1. The minimum Gasteiger partial charge on any atom is -0.445 e. The molecule has 2 heterocycles. The molecule has 2 aromatic rings. The molecule has 1 saturated heterocycles. The van der Waals surface area contributed by atoms with Gasteiger partial charge in [-0.25, -0.2) is 4.79 Å². The molecule has 2 N–H and O–H groups in total. The van der Waals surface area contributed by atoms with Crippen LogP contribution in [0.25, 0.3) is 0 Å². The van der Waals surface area contributed by atoms with Gasteiger partial charge in [0.05, 0.1) is 12.7 Å². The fourth-order valence-corrected chi connectivity index (χ4v) is 2.74. The van der Waals surface area contributed by atoms with Crippen LogP contribution in [0.4, 0.5) is 4.79 Å². The Morgan fingerprint density at radius 2 is 2.23 bits per heavy atom. The van der Waals surface area contributed by atoms with Gasteiger partial charge in [0.25, 0.3) is 0 Å². The summed E-state index contributed by atoms with van der Waals surface area (Å²) in [6, 6.07) is 9.54. The number of aromatic nitrogens is 2. The van der Waals surface area contributed by atoms with Crippen LogP contribution in [0.15, 0.2) is 42.7 Å². The molecule has 1 atom stereocenters. The Morgan fingerprint density at radius 1 is 1.41 bits per heavy atom. The van der Waals surface area contributed by atoms with Gasteiger partial charge in [0.1, 0.15) is 12.2 Å². The molecule has 6 heteroatoms. The van der Waals surface area contributed by atoms with Crippen molar-refractivity contribution in [2.24, 2.45) is 0 Å². The molecular weight excluding hydrogens is 282 g/mol. The number of aliphatic hydroxyl groups is 1. The second-order valence-electron chi connectivity index (χ2n) is 5.58. The lowest BCUT2D eigenvalue weighted by atomic mass is 9.88. The number of aromatic amines is 1. The zero-order valence-corrected chi connectivity index (χ0v) is 12.2. The molecule has 1 fully saturated rings. The largest absolute Gasteiger partial charge is 0.445 e. The summed E-state index contributed by atoms with van der Waals surface area (Å²) in [6.07, 6.45) is 4.19. The summed E-state index contributed by atoms with van der Waals surface area (Å²) in [5.74, 6) is 0. The van der Waals surface area contributed by atoms with Gasteiger partial charge < -0.3 is 14.7 Å². The molecule has 1 amide bonds. The molecule has 0 bridgehead atoms. The Labute approximate surface area is 128 Å². The number of H-pyrrole nitrogens is 1. The molecule has 0 radical (unpaired) electrons. The number of ether oxygens (including phenoxy) is 1. The zero-order valence-electron chi connectivity index (χ0n) is 12.2. The normalized spacial score (nSPS) is 21.6. The van der Waals surface area contributed by atoms with E-state index in [1.165, 1.54) is 0 Å². The number of carbonyl (C=O) groups excluding carboxylic acids is 1. The van der Waals surface area contributed by atoms with Gasteiger partial charge in [-0.2, -0.15) is 5.10 Å². The molecule has 0 spiro atoms. The number of nitrogens with one attached hydrogen (secondary N) is 1. The number of amides is 1. The van der Waals surface area contributed by atoms with Crippen molar-refractivity contribution in [3.05, 3.63) is 53.9 Å². The predicted molar refractivity (Wildman–Crippen MR) is 79.9 cm³/mol. The van der Waals surface area contributed by atoms with Crippen LogP contribution < -0.4 is 0 Å². The molecule has 116 valence electrons. The molecule has 6 nitrogen and oxygen atoms in total. The number of hydrogen-bond donors (Lipinski definition) is 2. The van der Waals surface area contributed by atoms with Crippen LogP contribution >= 0.6 is 0 Å². The van der Waals surface area contributed by atoms with E-state index in [4.69, 9.17) is 4.74 Å². The third kappa shape index (κ3) is 3.12. The van der Waals surface area contributed by atoms with E-state index < -0.39 is 11.7 Å². The Balaban J connectivity index is 1.61. The maximum Gasteiger partial charge on any atom is 0.410 e. The van der Waals surface area contributed by atoms with Gasteiger partial charge in [0.2, 0.25) is 0 Å². The highest BCUT2D eigenvalue weighted by Gasteiger charge is 2.38. The van der Waals surface area contributed by atoms with E-state index in [0.29, 0.717) is 18.5 Å². The molecule has 0 aliphatic carbocycles. The van der Waals surface area contributed by atoms with Crippen LogP contribution in [-0.2, 0) is 16.9 Å². The number of nitrogens with zero attached hydrogens (tertiary/aromatic N) is 2. The van der Waals surface area contributed by atoms with Crippen LogP contribution in [0.5, 0.6) is 0 Å². The van der Waals surface area contributed by atoms with E-state index in [1.54, 1.807) is 17.3 Å². The summed E-state index contributed by atoms with van der Waals surface area (Å²) in [6.45, 7) is 1.05. The highest BCUT2D eigenvalue weighted by Crippen LogP contribution is 2.31. The van der Waals surface area contributed by atoms with E-state index in [1.807, 2.05) is 30.3 Å². The smallest absolute Gasteiger partial charge is 0.410 e. The Bertz CT molecular complexity index is 615. The average Bonchev–Trinajstić information content (AvgIpc) is 3.09. The van der Waals surface area contributed by atoms with Crippen molar-refractivity contribution >= 4 is 6.09 Å². The lowest BCUT2D eigenvalue weighted by molar-refractivity contribution is -0.0348. The first kappa shape index (κ1) is 14.6. The quantitative estimate of drug-likeness (QED) is 0.909. The van der Waals surface area contributed by atoms with Crippen molar-refractivity contribution in [2.45, 2.75) is 25.0 Å². The lowest BCUT2D eigenvalue weighted by Crippen LogP contribution is -2.48. The fourth-order valence-electron chi connectivity index (χ4n) is 2.74. The first-order valence-corrected chi connectivity index (χ1v) is 7.35. The van der Waals surface area contributed by atoms with Crippen LogP contribution in [0.2, 0.25) is 0 Å². The number of benzene rings is 1. The lowest BCUT2D eigenvalue weighted by Gasteiger charge is -2.38. The summed E-state index contributed by atoms with van der Waals surface area (Å²) in [7, 11) is 0. The Morgan fingerprint density at radius 3 is 2.95 bits per heavy atom. The summed E-state index contributed by atoms with van der Waals surface area (Å²) in [5, 5.41) is 17.3. The monoisotopic (exact) mass is 301 g/mol. The summed E-state index contributed by atoms with van der Waals surface area (Å²) >= 11 is 0. The fraction of sp³-hybridized carbons (Fsp3) is 0.375. The first-order chi connectivity index (χ1) is 10.7. The molecule has 1 aromatic heterocycles. The van der Waals surface area contributed by atoms with E-state index >= 15 is 0 Å². The van der Waals surface area contributed by atoms with Crippen molar-refractivity contribution in [1.29, 1.82) is 0 Å². The van der Waals surface area contributed by atoms with Crippen molar-refractivity contribution in [2.75, 3.05) is 13.1 Å². The summed E-state index contributed by atoms with van der Waals surface area (Å²) in [5.41, 5.74) is 0.586. The second kappa shape index (κ2) is 6.19. The van der Waals surface area contributed by atoms with Crippen molar-refractivity contribution in [3.8, 4) is 0 Å². The molecule has 1 aliphatic heterocycles. The highest BCUT2D eigenvalue weighted by molar-refractivity contribution is 5.68. The van der Waals surface area contributed by atoms with Crippen molar-refractivity contribution < 1.29 is 14.6 Å². The number of hydrogen-bond acceptors (Lipinski definition) is 4. The number of rotatable bonds is 3.